The molecule has 0 spiro atoms. The van der Waals surface area contributed by atoms with Crippen molar-refractivity contribution >= 4 is 18.0 Å². The summed E-state index contributed by atoms with van der Waals surface area (Å²) in [6.07, 6.45) is 2.93. The Hall–Kier alpha value is -3.02. The third-order valence-corrected chi connectivity index (χ3v) is 3.24. The third kappa shape index (κ3) is 4.49. The van der Waals surface area contributed by atoms with Crippen molar-refractivity contribution in [3.05, 3.63) is 59.1 Å². The standard InChI is InChI=1S/C18H18O6/c1-12-16(18(20)22-3)10-15(24-12)11-23-17(19)8-7-13-5-4-6-14(9-13)21-2/h4-10H,11H2,1-3H3/b8-7+. The molecule has 1 aromatic carbocycles. The van der Waals surface area contributed by atoms with Gasteiger partial charge >= 0.3 is 11.9 Å². The summed E-state index contributed by atoms with van der Waals surface area (Å²) in [5.74, 6) is 0.473. The van der Waals surface area contributed by atoms with E-state index >= 15 is 0 Å². The molecular formula is C18H18O6. The number of carbonyl (C=O) groups is 2. The van der Waals surface area contributed by atoms with Crippen LogP contribution in [0.3, 0.4) is 0 Å². The van der Waals surface area contributed by atoms with Crippen LogP contribution in [-0.2, 0) is 20.9 Å². The van der Waals surface area contributed by atoms with Crippen LogP contribution in [0.25, 0.3) is 6.08 Å². The van der Waals surface area contributed by atoms with Crippen LogP contribution >= 0.6 is 0 Å². The monoisotopic (exact) mass is 330 g/mol. The van der Waals surface area contributed by atoms with Crippen molar-refractivity contribution in [1.82, 2.24) is 0 Å². The summed E-state index contributed by atoms with van der Waals surface area (Å²) in [5.41, 5.74) is 1.13. The average molecular weight is 330 g/mol. The first kappa shape index (κ1) is 17.3. The van der Waals surface area contributed by atoms with E-state index in [1.165, 1.54) is 19.3 Å². The van der Waals surface area contributed by atoms with Crippen LogP contribution in [0, 0.1) is 6.92 Å². The van der Waals surface area contributed by atoms with Gasteiger partial charge in [0.1, 0.15) is 29.4 Å². The van der Waals surface area contributed by atoms with Crippen molar-refractivity contribution in [2.45, 2.75) is 13.5 Å². The van der Waals surface area contributed by atoms with E-state index in [1.807, 2.05) is 18.2 Å². The van der Waals surface area contributed by atoms with Crippen LogP contribution in [0.4, 0.5) is 0 Å². The molecular weight excluding hydrogens is 312 g/mol. The van der Waals surface area contributed by atoms with Gasteiger partial charge in [-0.3, -0.25) is 0 Å². The number of furan rings is 1. The molecule has 24 heavy (non-hydrogen) atoms. The summed E-state index contributed by atoms with van der Waals surface area (Å²) in [5, 5.41) is 0. The van der Waals surface area contributed by atoms with E-state index in [2.05, 4.69) is 4.74 Å². The highest BCUT2D eigenvalue weighted by Crippen LogP contribution is 2.17. The number of benzene rings is 1. The summed E-state index contributed by atoms with van der Waals surface area (Å²) >= 11 is 0. The van der Waals surface area contributed by atoms with Crippen LogP contribution in [0.15, 0.2) is 40.8 Å². The van der Waals surface area contributed by atoms with Gasteiger partial charge < -0.3 is 18.6 Å². The summed E-state index contributed by atoms with van der Waals surface area (Å²) in [6, 6.07) is 8.77. The maximum Gasteiger partial charge on any atom is 0.341 e. The first-order valence-corrected chi connectivity index (χ1v) is 7.20. The predicted octanol–water partition coefficient (Wildman–Crippen LogP) is 3.14. The molecule has 0 aliphatic carbocycles. The fourth-order valence-corrected chi connectivity index (χ4v) is 2.03. The smallest absolute Gasteiger partial charge is 0.341 e. The van der Waals surface area contributed by atoms with Crippen molar-refractivity contribution in [2.75, 3.05) is 14.2 Å². The Bertz CT molecular complexity index is 757. The van der Waals surface area contributed by atoms with E-state index in [9.17, 15) is 9.59 Å². The molecule has 0 aliphatic rings. The number of hydrogen-bond donors (Lipinski definition) is 0. The molecule has 0 bridgehead atoms. The van der Waals surface area contributed by atoms with Crippen LogP contribution in [0.2, 0.25) is 0 Å². The fraction of sp³-hybridized carbons (Fsp3) is 0.222. The Kier molecular flexibility index (Phi) is 5.78. The Labute approximate surface area is 139 Å². The summed E-state index contributed by atoms with van der Waals surface area (Å²) < 4.78 is 20.2. The van der Waals surface area contributed by atoms with Gasteiger partial charge in [-0.2, -0.15) is 0 Å². The summed E-state index contributed by atoms with van der Waals surface area (Å²) in [4.78, 5) is 23.2. The predicted molar refractivity (Wildman–Crippen MR) is 86.6 cm³/mol. The second-order valence-electron chi connectivity index (χ2n) is 4.89. The first-order chi connectivity index (χ1) is 11.5. The molecule has 6 heteroatoms. The zero-order chi connectivity index (χ0) is 17.5. The van der Waals surface area contributed by atoms with Crippen molar-refractivity contribution < 1.29 is 28.2 Å². The van der Waals surface area contributed by atoms with E-state index in [0.717, 1.165) is 5.56 Å². The molecule has 0 N–H and O–H groups in total. The van der Waals surface area contributed by atoms with Crippen molar-refractivity contribution in [3.63, 3.8) is 0 Å². The molecule has 0 amide bonds. The largest absolute Gasteiger partial charge is 0.497 e. The number of aryl methyl sites for hydroxylation is 1. The second-order valence-corrected chi connectivity index (χ2v) is 4.89. The quantitative estimate of drug-likeness (QED) is 0.598. The molecule has 0 aliphatic heterocycles. The zero-order valence-electron chi connectivity index (χ0n) is 13.7. The van der Waals surface area contributed by atoms with Gasteiger partial charge in [-0.25, -0.2) is 9.59 Å². The van der Waals surface area contributed by atoms with E-state index in [0.29, 0.717) is 22.8 Å². The van der Waals surface area contributed by atoms with E-state index in [-0.39, 0.29) is 6.61 Å². The SMILES string of the molecule is COC(=O)c1cc(COC(=O)/C=C/c2cccc(OC)c2)oc1C. The molecule has 0 radical (unpaired) electrons. The molecule has 0 unspecified atom stereocenters. The molecule has 1 heterocycles. The lowest BCUT2D eigenvalue weighted by Crippen LogP contribution is -2.01. The molecule has 2 aromatic rings. The number of methoxy groups -OCH3 is 2. The highest BCUT2D eigenvalue weighted by molar-refractivity contribution is 5.90. The maximum absolute atomic E-state index is 11.8. The number of rotatable bonds is 6. The van der Waals surface area contributed by atoms with Crippen molar-refractivity contribution in [2.24, 2.45) is 0 Å². The van der Waals surface area contributed by atoms with Gasteiger partial charge in [0, 0.05) is 6.08 Å². The molecule has 126 valence electrons. The van der Waals surface area contributed by atoms with Crippen LogP contribution in [-0.4, -0.2) is 26.2 Å². The highest BCUT2D eigenvalue weighted by atomic mass is 16.5. The fourth-order valence-electron chi connectivity index (χ4n) is 2.03. The van der Waals surface area contributed by atoms with Crippen molar-refractivity contribution in [1.29, 1.82) is 0 Å². The minimum absolute atomic E-state index is 0.0703. The summed E-state index contributed by atoms with van der Waals surface area (Å²) in [7, 11) is 2.86. The molecule has 1 aromatic heterocycles. The highest BCUT2D eigenvalue weighted by Gasteiger charge is 2.15. The minimum atomic E-state index is -0.522. The number of ether oxygens (including phenoxy) is 3. The normalized spacial score (nSPS) is 10.6. The van der Waals surface area contributed by atoms with Gasteiger partial charge in [0.2, 0.25) is 0 Å². The van der Waals surface area contributed by atoms with Gasteiger partial charge in [-0.1, -0.05) is 12.1 Å². The van der Waals surface area contributed by atoms with Crippen LogP contribution in [0.5, 0.6) is 5.75 Å². The lowest BCUT2D eigenvalue weighted by atomic mass is 10.2. The van der Waals surface area contributed by atoms with Gasteiger partial charge in [0.05, 0.1) is 14.2 Å². The molecule has 0 atom stereocenters. The van der Waals surface area contributed by atoms with Crippen LogP contribution < -0.4 is 4.74 Å². The number of carbonyl (C=O) groups excluding carboxylic acids is 2. The molecule has 0 saturated carbocycles. The molecule has 2 rings (SSSR count). The molecule has 6 nitrogen and oxygen atoms in total. The van der Waals surface area contributed by atoms with Gasteiger partial charge in [0.25, 0.3) is 0 Å². The van der Waals surface area contributed by atoms with Crippen molar-refractivity contribution in [3.8, 4) is 5.75 Å². The van der Waals surface area contributed by atoms with E-state index in [4.69, 9.17) is 13.9 Å². The maximum atomic E-state index is 11.8. The first-order valence-electron chi connectivity index (χ1n) is 7.20. The number of esters is 2. The lowest BCUT2D eigenvalue weighted by molar-refractivity contribution is -0.139. The van der Waals surface area contributed by atoms with Gasteiger partial charge in [-0.05, 0) is 36.8 Å². The van der Waals surface area contributed by atoms with E-state index < -0.39 is 11.9 Å². The summed E-state index contributed by atoms with van der Waals surface area (Å²) in [6.45, 7) is 1.57. The third-order valence-electron chi connectivity index (χ3n) is 3.24. The Morgan fingerprint density at radius 3 is 2.71 bits per heavy atom. The molecule has 0 saturated heterocycles. The Balaban J connectivity index is 1.93. The van der Waals surface area contributed by atoms with Crippen LogP contribution in [0.1, 0.15) is 27.4 Å². The lowest BCUT2D eigenvalue weighted by Gasteiger charge is -2.00. The zero-order valence-corrected chi connectivity index (χ0v) is 13.7. The van der Waals surface area contributed by atoms with Gasteiger partial charge in [-0.15, -0.1) is 0 Å². The van der Waals surface area contributed by atoms with Gasteiger partial charge in [0.15, 0.2) is 0 Å². The second kappa shape index (κ2) is 8.01. The van der Waals surface area contributed by atoms with E-state index in [1.54, 1.807) is 26.2 Å². The molecule has 0 fully saturated rings. The average Bonchev–Trinajstić information content (AvgIpc) is 2.98. The Morgan fingerprint density at radius 1 is 1.21 bits per heavy atom. The topological polar surface area (TPSA) is 75.0 Å². The number of hydrogen-bond acceptors (Lipinski definition) is 6. The Morgan fingerprint density at radius 2 is 2.00 bits per heavy atom. The minimum Gasteiger partial charge on any atom is -0.497 e.